The highest BCUT2D eigenvalue weighted by Gasteiger charge is 2.33. The first-order chi connectivity index (χ1) is 14.1. The lowest BCUT2D eigenvalue weighted by Crippen LogP contribution is -2.32. The van der Waals surface area contributed by atoms with E-state index in [4.69, 9.17) is 0 Å². The van der Waals surface area contributed by atoms with E-state index >= 15 is 0 Å². The average Bonchev–Trinajstić information content (AvgIpc) is 2.71. The Balaban J connectivity index is 2.12. The second-order valence-corrected chi connectivity index (χ2v) is 8.37. The fourth-order valence-corrected chi connectivity index (χ4v) is 4.16. The van der Waals surface area contributed by atoms with Crippen molar-refractivity contribution >= 4 is 10.0 Å². The summed E-state index contributed by atoms with van der Waals surface area (Å²) in [5, 5.41) is 0. The molecule has 0 radical (unpaired) electrons. The topological polar surface area (TPSA) is 46.2 Å². The number of benzene rings is 3. The minimum absolute atomic E-state index is 0.213. The van der Waals surface area contributed by atoms with Gasteiger partial charge >= 0.3 is 0 Å². The molecule has 0 saturated heterocycles. The molecule has 1 N–H and O–H groups in total. The van der Waals surface area contributed by atoms with Gasteiger partial charge in [-0.3, -0.25) is 0 Å². The van der Waals surface area contributed by atoms with Gasteiger partial charge in [0.05, 0.1) is 10.9 Å². The summed E-state index contributed by atoms with van der Waals surface area (Å²) in [6.45, 7) is 1.73. The van der Waals surface area contributed by atoms with Gasteiger partial charge < -0.3 is 0 Å². The normalized spacial score (nSPS) is 12.7. The molecule has 0 fully saturated rings. The van der Waals surface area contributed by atoms with Crippen molar-refractivity contribution in [1.29, 1.82) is 0 Å². The number of hydrogen-bond acceptors (Lipinski definition) is 2. The largest absolute Gasteiger partial charge is 0.241 e. The fraction of sp³-hybridized carbons (Fsp3) is 0.143. The van der Waals surface area contributed by atoms with Gasteiger partial charge in [-0.05, 0) is 31.0 Å². The van der Waals surface area contributed by atoms with Crippen LogP contribution >= 0.6 is 0 Å². The van der Waals surface area contributed by atoms with Crippen molar-refractivity contribution in [2.24, 2.45) is 0 Å². The Hall–Kier alpha value is -2.78. The number of aryl methyl sites for hydroxylation is 1. The Morgan fingerprint density at radius 2 is 1.27 bits per heavy atom. The fourth-order valence-electron chi connectivity index (χ4n) is 2.95. The van der Waals surface area contributed by atoms with Crippen LogP contribution in [-0.2, 0) is 16.4 Å². The second kappa shape index (κ2) is 8.53. The van der Waals surface area contributed by atoms with Crippen LogP contribution < -0.4 is 4.72 Å². The highest BCUT2D eigenvalue weighted by atomic mass is 32.2. The Morgan fingerprint density at radius 3 is 1.80 bits per heavy atom. The summed E-state index contributed by atoms with van der Waals surface area (Å²) in [6.07, 6.45) is -0.343. The molecule has 0 aliphatic carbocycles. The first-order valence-electron chi connectivity index (χ1n) is 8.76. The molecule has 3 rings (SSSR count). The third-order valence-electron chi connectivity index (χ3n) is 4.50. The number of nitrogens with one attached hydrogen (secondary N) is 1. The highest BCUT2D eigenvalue weighted by molar-refractivity contribution is 7.89. The Kier molecular flexibility index (Phi) is 6.23. The molecular weight excluding hydrogens is 425 g/mol. The minimum Gasteiger partial charge on any atom is -0.207 e. The van der Waals surface area contributed by atoms with Crippen molar-refractivity contribution < 1.29 is 30.4 Å². The molecule has 0 spiro atoms. The summed E-state index contributed by atoms with van der Waals surface area (Å²) in [4.78, 5) is -0.213. The van der Waals surface area contributed by atoms with Gasteiger partial charge in [0.2, 0.25) is 15.8 Å². The van der Waals surface area contributed by atoms with Gasteiger partial charge in [0.1, 0.15) is 0 Å². The summed E-state index contributed by atoms with van der Waals surface area (Å²) < 4.78 is 97.5. The summed E-state index contributed by atoms with van der Waals surface area (Å²) in [7, 11) is -4.34. The van der Waals surface area contributed by atoms with Gasteiger partial charge in [0.25, 0.3) is 0 Å². The lowest BCUT2D eigenvalue weighted by atomic mass is 9.98. The first-order valence-corrected chi connectivity index (χ1v) is 10.2. The number of sulfonamides is 1. The lowest BCUT2D eigenvalue weighted by Gasteiger charge is -2.21. The van der Waals surface area contributed by atoms with Gasteiger partial charge in [-0.25, -0.2) is 35.1 Å². The molecule has 0 aliphatic heterocycles. The quantitative estimate of drug-likeness (QED) is 0.334. The van der Waals surface area contributed by atoms with E-state index in [0.717, 1.165) is 5.56 Å². The molecule has 0 aliphatic rings. The van der Waals surface area contributed by atoms with Crippen molar-refractivity contribution in [3.63, 3.8) is 0 Å². The zero-order chi connectivity index (χ0) is 22.1. The van der Waals surface area contributed by atoms with Gasteiger partial charge in [-0.15, -0.1) is 0 Å². The molecule has 0 heterocycles. The van der Waals surface area contributed by atoms with Gasteiger partial charge in [-0.2, -0.15) is 0 Å². The molecule has 3 aromatic carbocycles. The van der Waals surface area contributed by atoms with Crippen LogP contribution in [0.3, 0.4) is 0 Å². The number of hydrogen-bond donors (Lipinski definition) is 1. The predicted octanol–water partition coefficient (Wildman–Crippen LogP) is 4.95. The maximum atomic E-state index is 14.4. The van der Waals surface area contributed by atoms with Crippen molar-refractivity contribution in [2.75, 3.05) is 0 Å². The average molecular weight is 441 g/mol. The van der Waals surface area contributed by atoms with Gasteiger partial charge in [-0.1, -0.05) is 48.0 Å². The Bertz CT molecular complexity index is 1140. The first kappa shape index (κ1) is 21.9. The molecule has 0 aromatic heterocycles. The third kappa shape index (κ3) is 4.36. The number of halogens is 5. The van der Waals surface area contributed by atoms with Crippen molar-refractivity contribution in [1.82, 2.24) is 4.72 Å². The van der Waals surface area contributed by atoms with Crippen LogP contribution in [0.15, 0.2) is 59.5 Å². The van der Waals surface area contributed by atoms with Crippen molar-refractivity contribution in [3.8, 4) is 0 Å². The molecule has 3 nitrogen and oxygen atoms in total. The Labute approximate surface area is 170 Å². The molecule has 9 heteroatoms. The standard InChI is InChI=1S/C21H16F5NO2S/c1-12-7-9-14(10-8-12)30(28,29)27-15(11-13-5-3-2-4-6-13)16-17(22)19(24)21(26)20(25)18(16)23/h2-10,15,27H,11H2,1H3/t15-/m0/s1. The molecular formula is C21H16F5NO2S. The molecule has 0 unspecified atom stereocenters. The predicted molar refractivity (Wildman–Crippen MR) is 101 cm³/mol. The molecule has 1 atom stereocenters. The zero-order valence-electron chi connectivity index (χ0n) is 15.6. The SMILES string of the molecule is Cc1ccc(S(=O)(=O)N[C@@H](Cc2ccccc2)c2c(F)c(F)c(F)c(F)c2F)cc1. The van der Waals surface area contributed by atoms with E-state index in [0.29, 0.717) is 5.56 Å². The minimum atomic E-state index is -4.34. The third-order valence-corrected chi connectivity index (χ3v) is 5.99. The molecule has 158 valence electrons. The van der Waals surface area contributed by atoms with Crippen LogP contribution in [0.4, 0.5) is 22.0 Å². The summed E-state index contributed by atoms with van der Waals surface area (Å²) in [5.41, 5.74) is -0.0430. The molecule has 0 amide bonds. The maximum Gasteiger partial charge on any atom is 0.241 e. The van der Waals surface area contributed by atoms with Crippen LogP contribution in [0.25, 0.3) is 0 Å². The van der Waals surface area contributed by atoms with E-state index in [2.05, 4.69) is 4.72 Å². The van der Waals surface area contributed by atoms with Gasteiger partial charge in [0.15, 0.2) is 23.3 Å². The summed E-state index contributed by atoms with van der Waals surface area (Å²) >= 11 is 0. The van der Waals surface area contributed by atoms with Crippen LogP contribution in [0.5, 0.6) is 0 Å². The molecule has 0 saturated carbocycles. The van der Waals surface area contributed by atoms with E-state index in [1.165, 1.54) is 24.3 Å². The van der Waals surface area contributed by atoms with E-state index in [1.54, 1.807) is 37.3 Å². The highest BCUT2D eigenvalue weighted by Crippen LogP contribution is 2.31. The maximum absolute atomic E-state index is 14.4. The van der Waals surface area contributed by atoms with Crippen LogP contribution in [-0.4, -0.2) is 8.42 Å². The van der Waals surface area contributed by atoms with E-state index in [9.17, 15) is 30.4 Å². The Morgan fingerprint density at radius 1 is 0.767 bits per heavy atom. The van der Waals surface area contributed by atoms with Crippen molar-refractivity contribution in [2.45, 2.75) is 24.3 Å². The van der Waals surface area contributed by atoms with E-state index < -0.39 is 50.7 Å². The monoisotopic (exact) mass is 441 g/mol. The molecule has 30 heavy (non-hydrogen) atoms. The van der Waals surface area contributed by atoms with Crippen LogP contribution in [0.2, 0.25) is 0 Å². The second-order valence-electron chi connectivity index (χ2n) is 6.66. The van der Waals surface area contributed by atoms with Gasteiger partial charge in [0, 0.05) is 5.56 Å². The van der Waals surface area contributed by atoms with E-state index in [1.807, 2.05) is 0 Å². The van der Waals surface area contributed by atoms with E-state index in [-0.39, 0.29) is 11.3 Å². The smallest absolute Gasteiger partial charge is 0.207 e. The van der Waals surface area contributed by atoms with Crippen molar-refractivity contribution in [3.05, 3.63) is 100 Å². The summed E-state index contributed by atoms with van der Waals surface area (Å²) in [5.74, 6) is -10.8. The van der Waals surface area contributed by atoms with Crippen LogP contribution in [0.1, 0.15) is 22.7 Å². The zero-order valence-corrected chi connectivity index (χ0v) is 16.4. The summed E-state index contributed by atoms with van der Waals surface area (Å²) in [6, 6.07) is 11.8. The molecule has 3 aromatic rings. The lowest BCUT2D eigenvalue weighted by molar-refractivity contribution is 0.361. The number of rotatable bonds is 6. The molecule has 0 bridgehead atoms. The van der Waals surface area contributed by atoms with Crippen LogP contribution in [0, 0.1) is 36.0 Å².